The zero-order chi connectivity index (χ0) is 12.3. The molecule has 0 aliphatic carbocycles. The summed E-state index contributed by atoms with van der Waals surface area (Å²) in [7, 11) is 1.85. The Morgan fingerprint density at radius 3 is 3.00 bits per heavy atom. The van der Waals surface area contributed by atoms with E-state index in [-0.39, 0.29) is 18.0 Å². The van der Waals surface area contributed by atoms with E-state index in [9.17, 15) is 4.39 Å². The quantitative estimate of drug-likeness (QED) is 0.874. The Morgan fingerprint density at radius 1 is 1.53 bits per heavy atom. The first kappa shape index (κ1) is 12.3. The summed E-state index contributed by atoms with van der Waals surface area (Å²) in [6.45, 7) is 3.21. The lowest BCUT2D eigenvalue weighted by molar-refractivity contribution is 0.137. The van der Waals surface area contributed by atoms with E-state index in [0.717, 1.165) is 12.0 Å². The highest BCUT2D eigenvalue weighted by Gasteiger charge is 2.22. The third kappa shape index (κ3) is 2.76. The molecule has 1 aromatic carbocycles. The first-order valence-corrected chi connectivity index (χ1v) is 5.92. The molecule has 4 heteroatoms. The van der Waals surface area contributed by atoms with Crippen LogP contribution in [0, 0.1) is 5.82 Å². The maximum Gasteiger partial charge on any atom is 0.165 e. The molecule has 2 rings (SSSR count). The second-order valence-corrected chi connectivity index (χ2v) is 4.27. The Labute approximate surface area is 101 Å². The normalized spacial score (nSPS) is 21.5. The van der Waals surface area contributed by atoms with Crippen molar-refractivity contribution >= 4 is 0 Å². The van der Waals surface area contributed by atoms with Gasteiger partial charge >= 0.3 is 0 Å². The van der Waals surface area contributed by atoms with Gasteiger partial charge in [-0.15, -0.1) is 0 Å². The largest absolute Gasteiger partial charge is 0.485 e. The van der Waals surface area contributed by atoms with E-state index in [0.29, 0.717) is 19.0 Å². The number of para-hydroxylation sites is 1. The molecular formula is C13H18FNO2. The van der Waals surface area contributed by atoms with E-state index < -0.39 is 0 Å². The molecule has 94 valence electrons. The molecule has 17 heavy (non-hydrogen) atoms. The van der Waals surface area contributed by atoms with Gasteiger partial charge in [-0.25, -0.2) is 4.39 Å². The summed E-state index contributed by atoms with van der Waals surface area (Å²) < 4.78 is 24.8. The zero-order valence-corrected chi connectivity index (χ0v) is 10.2. The minimum atomic E-state index is -0.309. The van der Waals surface area contributed by atoms with E-state index in [1.165, 1.54) is 6.07 Å². The molecule has 3 nitrogen and oxygen atoms in total. The average molecular weight is 239 g/mol. The number of halogens is 1. The molecule has 2 atom stereocenters. The van der Waals surface area contributed by atoms with Crippen LogP contribution in [0.2, 0.25) is 0 Å². The number of benzene rings is 1. The Morgan fingerprint density at radius 2 is 2.35 bits per heavy atom. The van der Waals surface area contributed by atoms with Gasteiger partial charge in [0.1, 0.15) is 6.10 Å². The molecule has 1 heterocycles. The van der Waals surface area contributed by atoms with Crippen molar-refractivity contribution in [2.45, 2.75) is 25.5 Å². The van der Waals surface area contributed by atoms with Crippen LogP contribution in [0.15, 0.2) is 18.2 Å². The van der Waals surface area contributed by atoms with E-state index in [1.54, 1.807) is 6.07 Å². The minimum Gasteiger partial charge on any atom is -0.485 e. The fourth-order valence-electron chi connectivity index (χ4n) is 1.92. The number of ether oxygens (including phenoxy) is 2. The van der Waals surface area contributed by atoms with E-state index in [2.05, 4.69) is 5.32 Å². The van der Waals surface area contributed by atoms with Gasteiger partial charge in [0, 0.05) is 18.0 Å². The SMILES string of the molecule is CNC(C)c1cccc(F)c1OC1CCOC1. The minimum absolute atomic E-state index is 0.0327. The Balaban J connectivity index is 2.23. The molecule has 1 saturated heterocycles. The van der Waals surface area contributed by atoms with Gasteiger partial charge in [0.05, 0.1) is 13.2 Å². The number of hydrogen-bond donors (Lipinski definition) is 1. The molecule has 0 radical (unpaired) electrons. The predicted molar refractivity (Wildman–Crippen MR) is 63.7 cm³/mol. The van der Waals surface area contributed by atoms with Crippen molar-refractivity contribution in [2.24, 2.45) is 0 Å². The monoisotopic (exact) mass is 239 g/mol. The van der Waals surface area contributed by atoms with Crippen LogP contribution in [-0.4, -0.2) is 26.4 Å². The molecule has 0 amide bonds. The molecule has 1 aliphatic heterocycles. The molecule has 0 bridgehead atoms. The fourth-order valence-corrected chi connectivity index (χ4v) is 1.92. The second kappa shape index (κ2) is 5.47. The van der Waals surface area contributed by atoms with Crippen molar-refractivity contribution in [3.63, 3.8) is 0 Å². The summed E-state index contributed by atoms with van der Waals surface area (Å²) in [6.07, 6.45) is 0.788. The maximum absolute atomic E-state index is 13.8. The average Bonchev–Trinajstić information content (AvgIpc) is 2.83. The highest BCUT2D eigenvalue weighted by Crippen LogP contribution is 2.29. The molecule has 2 unspecified atom stereocenters. The van der Waals surface area contributed by atoms with Crippen LogP contribution in [0.1, 0.15) is 24.9 Å². The second-order valence-electron chi connectivity index (χ2n) is 4.27. The van der Waals surface area contributed by atoms with Crippen LogP contribution in [0.25, 0.3) is 0 Å². The van der Waals surface area contributed by atoms with Gasteiger partial charge in [-0.05, 0) is 20.0 Å². The predicted octanol–water partition coefficient (Wildman–Crippen LogP) is 2.27. The summed E-state index contributed by atoms with van der Waals surface area (Å²) in [5.41, 5.74) is 0.847. The molecular weight excluding hydrogens is 221 g/mol. The standard InChI is InChI=1S/C13H18FNO2/c1-9(15-2)11-4-3-5-12(14)13(11)17-10-6-7-16-8-10/h3-5,9-10,15H,6-8H2,1-2H3. The molecule has 0 spiro atoms. The van der Waals surface area contributed by atoms with Crippen LogP contribution in [0.3, 0.4) is 0 Å². The lowest BCUT2D eigenvalue weighted by atomic mass is 10.1. The highest BCUT2D eigenvalue weighted by molar-refractivity contribution is 5.37. The Bertz CT molecular complexity index is 378. The smallest absolute Gasteiger partial charge is 0.165 e. The first-order chi connectivity index (χ1) is 8.22. The van der Waals surface area contributed by atoms with E-state index >= 15 is 0 Å². The van der Waals surface area contributed by atoms with E-state index in [1.807, 2.05) is 20.0 Å². The molecule has 1 N–H and O–H groups in total. The topological polar surface area (TPSA) is 30.5 Å². The molecule has 1 aromatic rings. The Hall–Kier alpha value is -1.13. The summed E-state index contributed by atoms with van der Waals surface area (Å²) in [5, 5.41) is 3.10. The van der Waals surface area contributed by atoms with Gasteiger partial charge in [0.25, 0.3) is 0 Å². The van der Waals surface area contributed by atoms with Crippen molar-refractivity contribution in [3.05, 3.63) is 29.6 Å². The third-order valence-corrected chi connectivity index (χ3v) is 3.07. The van der Waals surface area contributed by atoms with Crippen LogP contribution in [0.4, 0.5) is 4.39 Å². The van der Waals surface area contributed by atoms with Crippen molar-refractivity contribution < 1.29 is 13.9 Å². The summed E-state index contributed by atoms with van der Waals surface area (Å²) in [5.74, 6) is 0.0429. The molecule has 0 aromatic heterocycles. The first-order valence-electron chi connectivity index (χ1n) is 5.92. The summed E-state index contributed by atoms with van der Waals surface area (Å²) in [6, 6.07) is 5.08. The van der Waals surface area contributed by atoms with Crippen molar-refractivity contribution in [1.82, 2.24) is 5.32 Å². The van der Waals surface area contributed by atoms with Crippen molar-refractivity contribution in [1.29, 1.82) is 0 Å². The van der Waals surface area contributed by atoms with Crippen molar-refractivity contribution in [3.8, 4) is 5.75 Å². The number of nitrogens with one attached hydrogen (secondary N) is 1. The number of hydrogen-bond acceptors (Lipinski definition) is 3. The number of rotatable bonds is 4. The van der Waals surface area contributed by atoms with E-state index in [4.69, 9.17) is 9.47 Å². The van der Waals surface area contributed by atoms with Gasteiger partial charge in [-0.3, -0.25) is 0 Å². The van der Waals surface area contributed by atoms with Crippen LogP contribution < -0.4 is 10.1 Å². The zero-order valence-electron chi connectivity index (χ0n) is 10.2. The lowest BCUT2D eigenvalue weighted by Crippen LogP contribution is -2.20. The van der Waals surface area contributed by atoms with Crippen molar-refractivity contribution in [2.75, 3.05) is 20.3 Å². The summed E-state index contributed by atoms with van der Waals surface area (Å²) >= 11 is 0. The van der Waals surface area contributed by atoms with Gasteiger partial charge < -0.3 is 14.8 Å². The van der Waals surface area contributed by atoms with Crippen LogP contribution in [-0.2, 0) is 4.74 Å². The summed E-state index contributed by atoms with van der Waals surface area (Å²) in [4.78, 5) is 0. The van der Waals surface area contributed by atoms with Crippen LogP contribution >= 0.6 is 0 Å². The Kier molecular flexibility index (Phi) is 3.97. The van der Waals surface area contributed by atoms with Gasteiger partial charge in [-0.2, -0.15) is 0 Å². The molecule has 0 saturated carbocycles. The highest BCUT2D eigenvalue weighted by atomic mass is 19.1. The molecule has 1 fully saturated rings. The lowest BCUT2D eigenvalue weighted by Gasteiger charge is -2.19. The van der Waals surface area contributed by atoms with Gasteiger partial charge in [0.15, 0.2) is 11.6 Å². The molecule has 1 aliphatic rings. The van der Waals surface area contributed by atoms with Gasteiger partial charge in [0.2, 0.25) is 0 Å². The maximum atomic E-state index is 13.8. The fraction of sp³-hybridized carbons (Fsp3) is 0.538. The van der Waals surface area contributed by atoms with Gasteiger partial charge in [-0.1, -0.05) is 12.1 Å². The van der Waals surface area contributed by atoms with Crippen LogP contribution in [0.5, 0.6) is 5.75 Å². The third-order valence-electron chi connectivity index (χ3n) is 3.07.